The molecule has 2 aromatic heterocycles. The number of benzene rings is 2. The van der Waals surface area contributed by atoms with Crippen molar-refractivity contribution in [3.05, 3.63) is 102 Å². The minimum Gasteiger partial charge on any atom is -0.464 e. The summed E-state index contributed by atoms with van der Waals surface area (Å²) in [6, 6.07) is 20.0. The van der Waals surface area contributed by atoms with Crippen molar-refractivity contribution in [2.24, 2.45) is 7.05 Å². The van der Waals surface area contributed by atoms with E-state index in [4.69, 9.17) is 4.42 Å². The zero-order chi connectivity index (χ0) is 19.8. The zero-order valence-corrected chi connectivity index (χ0v) is 16.2. The first-order valence-electron chi connectivity index (χ1n) is 9.68. The van der Waals surface area contributed by atoms with E-state index in [1.807, 2.05) is 66.8 Å². The Hall–Kier alpha value is -3.60. The number of aryl methyl sites for hydroxylation is 1. The number of hydrogen-bond donors (Lipinski definition) is 0. The molecule has 5 nitrogen and oxygen atoms in total. The van der Waals surface area contributed by atoms with Gasteiger partial charge in [0, 0.05) is 37.8 Å². The largest absolute Gasteiger partial charge is 0.464 e. The summed E-state index contributed by atoms with van der Waals surface area (Å²) in [6.07, 6.45) is 5.48. The van der Waals surface area contributed by atoms with Crippen LogP contribution in [0.4, 0.5) is 0 Å². The van der Waals surface area contributed by atoms with Crippen molar-refractivity contribution in [1.82, 2.24) is 14.7 Å². The Balaban J connectivity index is 1.46. The van der Waals surface area contributed by atoms with Gasteiger partial charge in [-0.2, -0.15) is 5.10 Å². The van der Waals surface area contributed by atoms with E-state index in [1.165, 1.54) is 11.1 Å². The SMILES string of the molecule is Cn1cc(C2CN(C(=O)c3coc(-c4ccccc4)c3)Cc3ccccc32)cn1. The van der Waals surface area contributed by atoms with Crippen LogP contribution in [0, 0.1) is 0 Å². The van der Waals surface area contributed by atoms with Crippen molar-refractivity contribution in [2.75, 3.05) is 6.54 Å². The molecule has 0 bridgehead atoms. The van der Waals surface area contributed by atoms with Gasteiger partial charge in [0.1, 0.15) is 12.0 Å². The molecule has 0 saturated heterocycles. The molecule has 0 N–H and O–H groups in total. The Morgan fingerprint density at radius 1 is 1.10 bits per heavy atom. The van der Waals surface area contributed by atoms with E-state index in [1.54, 1.807) is 10.9 Å². The van der Waals surface area contributed by atoms with Crippen LogP contribution in [0.3, 0.4) is 0 Å². The van der Waals surface area contributed by atoms with E-state index in [0.717, 1.165) is 11.1 Å². The van der Waals surface area contributed by atoms with Crippen LogP contribution in [0.5, 0.6) is 0 Å². The average molecular weight is 383 g/mol. The second-order valence-corrected chi connectivity index (χ2v) is 7.45. The van der Waals surface area contributed by atoms with Gasteiger partial charge in [0.25, 0.3) is 5.91 Å². The van der Waals surface area contributed by atoms with Crippen LogP contribution in [-0.4, -0.2) is 27.1 Å². The van der Waals surface area contributed by atoms with Crippen molar-refractivity contribution < 1.29 is 9.21 Å². The van der Waals surface area contributed by atoms with Crippen molar-refractivity contribution in [3.8, 4) is 11.3 Å². The van der Waals surface area contributed by atoms with Gasteiger partial charge in [-0.15, -0.1) is 0 Å². The van der Waals surface area contributed by atoms with Gasteiger partial charge in [0.2, 0.25) is 0 Å². The molecule has 5 rings (SSSR count). The molecular weight excluding hydrogens is 362 g/mol. The van der Waals surface area contributed by atoms with Gasteiger partial charge >= 0.3 is 0 Å². The van der Waals surface area contributed by atoms with Gasteiger partial charge in [-0.1, -0.05) is 54.6 Å². The van der Waals surface area contributed by atoms with E-state index in [-0.39, 0.29) is 11.8 Å². The lowest BCUT2D eigenvalue weighted by Crippen LogP contribution is -2.38. The number of furan rings is 1. The Kier molecular flexibility index (Phi) is 4.28. The molecule has 0 radical (unpaired) electrons. The van der Waals surface area contributed by atoms with Crippen molar-refractivity contribution in [1.29, 1.82) is 0 Å². The molecule has 0 aliphatic carbocycles. The molecule has 29 heavy (non-hydrogen) atoms. The lowest BCUT2D eigenvalue weighted by molar-refractivity contribution is 0.0724. The number of amides is 1. The predicted molar refractivity (Wildman–Crippen MR) is 110 cm³/mol. The van der Waals surface area contributed by atoms with Gasteiger partial charge in [-0.05, 0) is 22.8 Å². The minimum absolute atomic E-state index is 0.0145. The highest BCUT2D eigenvalue weighted by Gasteiger charge is 2.30. The number of rotatable bonds is 3. The summed E-state index contributed by atoms with van der Waals surface area (Å²) in [4.78, 5) is 15.2. The van der Waals surface area contributed by atoms with Gasteiger partial charge in [-0.25, -0.2) is 0 Å². The van der Waals surface area contributed by atoms with Gasteiger partial charge in [-0.3, -0.25) is 9.48 Å². The number of carbonyl (C=O) groups is 1. The van der Waals surface area contributed by atoms with Crippen LogP contribution >= 0.6 is 0 Å². The van der Waals surface area contributed by atoms with Gasteiger partial charge in [0.05, 0.1) is 11.8 Å². The standard InChI is InChI=1S/C24H21N3O2/c1-26-13-20(12-25-26)22-15-27(14-18-9-5-6-10-21(18)22)24(28)19-11-23(29-16-19)17-7-3-2-4-8-17/h2-13,16,22H,14-15H2,1H3. The molecule has 1 aliphatic rings. The summed E-state index contributed by atoms with van der Waals surface area (Å²) in [6.45, 7) is 1.21. The molecule has 2 aromatic carbocycles. The highest BCUT2D eigenvalue weighted by molar-refractivity contribution is 5.95. The Labute approximate surface area is 169 Å². The normalized spacial score (nSPS) is 15.9. The van der Waals surface area contributed by atoms with Crippen molar-refractivity contribution in [3.63, 3.8) is 0 Å². The third-order valence-corrected chi connectivity index (χ3v) is 5.51. The molecule has 0 saturated carbocycles. The maximum absolute atomic E-state index is 13.3. The monoisotopic (exact) mass is 383 g/mol. The molecular formula is C24H21N3O2. The molecule has 1 atom stereocenters. The summed E-state index contributed by atoms with van der Waals surface area (Å²) < 4.78 is 7.49. The number of fused-ring (bicyclic) bond motifs is 1. The van der Waals surface area contributed by atoms with E-state index < -0.39 is 0 Å². The first-order valence-corrected chi connectivity index (χ1v) is 9.68. The summed E-state index contributed by atoms with van der Waals surface area (Å²) in [5.74, 6) is 0.799. The van der Waals surface area contributed by atoms with Crippen molar-refractivity contribution >= 4 is 5.91 Å². The summed E-state index contributed by atoms with van der Waals surface area (Å²) in [7, 11) is 1.91. The molecule has 1 amide bonds. The fourth-order valence-electron chi connectivity index (χ4n) is 4.05. The number of nitrogens with zero attached hydrogens (tertiary/aromatic N) is 3. The molecule has 1 aliphatic heterocycles. The van der Waals surface area contributed by atoms with E-state index in [9.17, 15) is 4.79 Å². The Morgan fingerprint density at radius 3 is 2.69 bits per heavy atom. The molecule has 0 spiro atoms. The second kappa shape index (κ2) is 7.09. The van der Waals surface area contributed by atoms with Gasteiger partial charge in [0.15, 0.2) is 0 Å². The van der Waals surface area contributed by atoms with E-state index in [2.05, 4.69) is 23.3 Å². The van der Waals surface area contributed by atoms with Crippen LogP contribution in [0.25, 0.3) is 11.3 Å². The quantitative estimate of drug-likeness (QED) is 0.525. The second-order valence-electron chi connectivity index (χ2n) is 7.45. The number of aromatic nitrogens is 2. The van der Waals surface area contributed by atoms with E-state index >= 15 is 0 Å². The van der Waals surface area contributed by atoms with Gasteiger partial charge < -0.3 is 9.32 Å². The smallest absolute Gasteiger partial charge is 0.257 e. The van der Waals surface area contributed by atoms with Crippen LogP contribution in [0.2, 0.25) is 0 Å². The molecule has 4 aromatic rings. The Bertz CT molecular complexity index is 1160. The topological polar surface area (TPSA) is 51.3 Å². The molecule has 144 valence electrons. The number of hydrogen-bond acceptors (Lipinski definition) is 3. The van der Waals surface area contributed by atoms with Crippen LogP contribution in [0.1, 0.15) is 33.0 Å². The highest BCUT2D eigenvalue weighted by Crippen LogP contribution is 2.34. The number of carbonyl (C=O) groups excluding carboxylic acids is 1. The third-order valence-electron chi connectivity index (χ3n) is 5.51. The minimum atomic E-state index is -0.0145. The maximum Gasteiger partial charge on any atom is 0.257 e. The Morgan fingerprint density at radius 2 is 1.90 bits per heavy atom. The fraction of sp³-hybridized carbons (Fsp3) is 0.167. The molecule has 3 heterocycles. The van der Waals surface area contributed by atoms with Crippen LogP contribution in [0.15, 0.2) is 83.7 Å². The maximum atomic E-state index is 13.3. The summed E-state index contributed by atoms with van der Waals surface area (Å²) >= 11 is 0. The first kappa shape index (κ1) is 17.5. The van der Waals surface area contributed by atoms with E-state index in [0.29, 0.717) is 24.4 Å². The van der Waals surface area contributed by atoms with Crippen LogP contribution < -0.4 is 0 Å². The lowest BCUT2D eigenvalue weighted by Gasteiger charge is -2.34. The summed E-state index contributed by atoms with van der Waals surface area (Å²) in [5.41, 5.74) is 5.10. The summed E-state index contributed by atoms with van der Waals surface area (Å²) in [5, 5.41) is 4.33. The predicted octanol–water partition coefficient (Wildman–Crippen LogP) is 4.47. The lowest BCUT2D eigenvalue weighted by atomic mass is 9.86. The first-order chi connectivity index (χ1) is 14.2. The molecule has 1 unspecified atom stereocenters. The highest BCUT2D eigenvalue weighted by atomic mass is 16.3. The fourth-order valence-corrected chi connectivity index (χ4v) is 4.05. The van der Waals surface area contributed by atoms with Crippen LogP contribution in [-0.2, 0) is 13.6 Å². The molecule has 0 fully saturated rings. The third kappa shape index (κ3) is 3.25. The van der Waals surface area contributed by atoms with Crippen molar-refractivity contribution in [2.45, 2.75) is 12.5 Å². The zero-order valence-electron chi connectivity index (χ0n) is 16.2. The average Bonchev–Trinajstić information content (AvgIpc) is 3.42. The molecule has 5 heteroatoms.